The van der Waals surface area contributed by atoms with Gasteiger partial charge in [-0.2, -0.15) is 0 Å². The Morgan fingerprint density at radius 1 is 1.00 bits per heavy atom. The highest BCUT2D eigenvalue weighted by Gasteiger charge is 2.25. The van der Waals surface area contributed by atoms with Crippen molar-refractivity contribution in [2.24, 2.45) is 0 Å². The number of benzene rings is 2. The minimum Gasteiger partial charge on any atom is -0.494 e. The maximum atomic E-state index is 12.7. The Labute approximate surface area is 173 Å². The first-order valence-electron chi connectivity index (χ1n) is 10.4. The lowest BCUT2D eigenvalue weighted by molar-refractivity contribution is 0.0698. The lowest BCUT2D eigenvalue weighted by atomic mass is 10.0. The van der Waals surface area contributed by atoms with E-state index < -0.39 is 0 Å². The van der Waals surface area contributed by atoms with Gasteiger partial charge in [0.05, 0.1) is 6.61 Å². The first-order valence-corrected chi connectivity index (χ1v) is 10.4. The molecule has 1 saturated heterocycles. The van der Waals surface area contributed by atoms with E-state index >= 15 is 0 Å². The molecule has 0 aromatic heterocycles. The van der Waals surface area contributed by atoms with Crippen LogP contribution >= 0.6 is 0 Å². The van der Waals surface area contributed by atoms with Crippen LogP contribution in [0.25, 0.3) is 0 Å². The van der Waals surface area contributed by atoms with Gasteiger partial charge in [0.15, 0.2) is 0 Å². The van der Waals surface area contributed by atoms with Crippen LogP contribution in [0.3, 0.4) is 0 Å². The number of amides is 2. The molecule has 3 rings (SSSR count). The summed E-state index contributed by atoms with van der Waals surface area (Å²) >= 11 is 0. The molecule has 154 valence electrons. The second kappa shape index (κ2) is 9.59. The van der Waals surface area contributed by atoms with Gasteiger partial charge in [0.2, 0.25) is 0 Å². The molecule has 1 aliphatic heterocycles. The van der Waals surface area contributed by atoms with E-state index in [-0.39, 0.29) is 17.9 Å². The van der Waals surface area contributed by atoms with Gasteiger partial charge in [-0.25, -0.2) is 0 Å². The number of piperidine rings is 1. The average Bonchev–Trinajstić information content (AvgIpc) is 2.74. The van der Waals surface area contributed by atoms with E-state index in [1.165, 1.54) is 5.56 Å². The number of likely N-dealkylation sites (tertiary alicyclic amines) is 1. The highest BCUT2D eigenvalue weighted by Crippen LogP contribution is 2.18. The summed E-state index contributed by atoms with van der Waals surface area (Å²) in [6.07, 6.45) is 1.52. The second-order valence-corrected chi connectivity index (χ2v) is 7.77. The largest absolute Gasteiger partial charge is 0.494 e. The summed E-state index contributed by atoms with van der Waals surface area (Å²) in [5.41, 5.74) is 2.58. The van der Waals surface area contributed by atoms with E-state index in [4.69, 9.17) is 4.74 Å². The first kappa shape index (κ1) is 20.9. The minimum atomic E-state index is -0.0448. The Hall–Kier alpha value is -2.82. The summed E-state index contributed by atoms with van der Waals surface area (Å²) < 4.78 is 5.43. The average molecular weight is 395 g/mol. The van der Waals surface area contributed by atoms with Gasteiger partial charge < -0.3 is 15.0 Å². The Kier molecular flexibility index (Phi) is 6.91. The number of carbonyl (C=O) groups excluding carboxylic acids is 2. The number of nitrogens with zero attached hydrogens (tertiary/aromatic N) is 1. The molecule has 1 heterocycles. The predicted octanol–water partition coefficient (Wildman–Crippen LogP) is 4.24. The van der Waals surface area contributed by atoms with E-state index in [0.29, 0.717) is 36.7 Å². The molecular formula is C24H30N2O3. The molecule has 5 nitrogen and oxygen atoms in total. The number of rotatable bonds is 6. The molecule has 0 atom stereocenters. The van der Waals surface area contributed by atoms with E-state index in [2.05, 4.69) is 19.2 Å². The molecule has 1 N–H and O–H groups in total. The van der Waals surface area contributed by atoms with Crippen LogP contribution in [0.2, 0.25) is 0 Å². The topological polar surface area (TPSA) is 58.6 Å². The molecule has 1 fully saturated rings. The summed E-state index contributed by atoms with van der Waals surface area (Å²) in [5, 5.41) is 3.11. The second-order valence-electron chi connectivity index (χ2n) is 7.77. The summed E-state index contributed by atoms with van der Waals surface area (Å²) in [5.74, 6) is 1.20. The number of hydrogen-bond acceptors (Lipinski definition) is 3. The molecule has 29 heavy (non-hydrogen) atoms. The Balaban J connectivity index is 1.50. The molecule has 5 heteroatoms. The zero-order valence-electron chi connectivity index (χ0n) is 17.5. The van der Waals surface area contributed by atoms with Crippen molar-refractivity contribution < 1.29 is 14.3 Å². The number of carbonyl (C=O) groups is 2. The van der Waals surface area contributed by atoms with Crippen molar-refractivity contribution in [3.8, 4) is 5.75 Å². The summed E-state index contributed by atoms with van der Waals surface area (Å²) in [7, 11) is 0. The van der Waals surface area contributed by atoms with Gasteiger partial charge in [-0.1, -0.05) is 26.0 Å². The Morgan fingerprint density at radius 3 is 2.14 bits per heavy atom. The Bertz CT molecular complexity index is 820. The molecule has 0 radical (unpaired) electrons. The number of ether oxygens (including phenoxy) is 1. The molecular weight excluding hydrogens is 364 g/mol. The molecule has 0 bridgehead atoms. The molecule has 1 aliphatic rings. The fraction of sp³-hybridized carbons (Fsp3) is 0.417. The van der Waals surface area contributed by atoms with Crippen molar-refractivity contribution in [3.63, 3.8) is 0 Å². The molecule has 2 amide bonds. The van der Waals surface area contributed by atoms with Crippen molar-refractivity contribution in [3.05, 3.63) is 65.2 Å². The summed E-state index contributed by atoms with van der Waals surface area (Å²) in [6.45, 7) is 8.10. The summed E-state index contributed by atoms with van der Waals surface area (Å²) in [4.78, 5) is 27.1. The minimum absolute atomic E-state index is 0.0297. The monoisotopic (exact) mass is 394 g/mol. The number of nitrogens with one attached hydrogen (secondary N) is 1. The smallest absolute Gasteiger partial charge is 0.253 e. The van der Waals surface area contributed by atoms with Gasteiger partial charge in [-0.3, -0.25) is 9.59 Å². The van der Waals surface area contributed by atoms with Crippen LogP contribution in [0.15, 0.2) is 48.5 Å². The van der Waals surface area contributed by atoms with Crippen LogP contribution in [-0.4, -0.2) is 42.5 Å². The van der Waals surface area contributed by atoms with E-state index in [0.717, 1.165) is 18.6 Å². The molecule has 0 aliphatic carbocycles. The van der Waals surface area contributed by atoms with Gasteiger partial charge in [-0.15, -0.1) is 0 Å². The lowest BCUT2D eigenvalue weighted by Crippen LogP contribution is -2.46. The van der Waals surface area contributed by atoms with E-state index in [1.54, 1.807) is 0 Å². The lowest BCUT2D eigenvalue weighted by Gasteiger charge is -2.32. The third-order valence-corrected chi connectivity index (χ3v) is 5.37. The number of hydrogen-bond donors (Lipinski definition) is 1. The Morgan fingerprint density at radius 2 is 1.59 bits per heavy atom. The van der Waals surface area contributed by atoms with E-state index in [9.17, 15) is 9.59 Å². The van der Waals surface area contributed by atoms with Crippen molar-refractivity contribution in [2.45, 2.75) is 45.6 Å². The zero-order valence-corrected chi connectivity index (χ0v) is 17.5. The quantitative estimate of drug-likeness (QED) is 0.797. The normalized spacial score (nSPS) is 14.7. The standard InChI is InChI=1S/C24H30N2O3/c1-4-29-22-11-9-20(10-12-22)24(28)26-15-13-21(14-16-26)25-23(27)19-7-5-18(6-8-19)17(2)3/h5-12,17,21H,4,13-16H2,1-3H3,(H,25,27). The van der Waals surface area contributed by atoms with Crippen molar-refractivity contribution in [1.29, 1.82) is 0 Å². The van der Waals surface area contributed by atoms with E-state index in [1.807, 2.05) is 60.4 Å². The maximum absolute atomic E-state index is 12.7. The fourth-order valence-electron chi connectivity index (χ4n) is 3.56. The fourth-order valence-corrected chi connectivity index (χ4v) is 3.56. The van der Waals surface area contributed by atoms with Gasteiger partial charge in [0.25, 0.3) is 11.8 Å². The van der Waals surface area contributed by atoms with Crippen LogP contribution in [0.1, 0.15) is 65.8 Å². The molecule has 0 unspecified atom stereocenters. The van der Waals surface area contributed by atoms with Crippen molar-refractivity contribution in [2.75, 3.05) is 19.7 Å². The van der Waals surface area contributed by atoms with Gasteiger partial charge in [0, 0.05) is 30.3 Å². The molecule has 0 spiro atoms. The highest BCUT2D eigenvalue weighted by atomic mass is 16.5. The van der Waals surface area contributed by atoms with Gasteiger partial charge >= 0.3 is 0 Å². The van der Waals surface area contributed by atoms with Gasteiger partial charge in [0.1, 0.15) is 5.75 Å². The maximum Gasteiger partial charge on any atom is 0.253 e. The predicted molar refractivity (Wildman–Crippen MR) is 115 cm³/mol. The third kappa shape index (κ3) is 5.37. The first-order chi connectivity index (χ1) is 14.0. The summed E-state index contributed by atoms with van der Waals surface area (Å²) in [6, 6.07) is 15.2. The van der Waals surface area contributed by atoms with Crippen LogP contribution in [0.5, 0.6) is 5.75 Å². The third-order valence-electron chi connectivity index (χ3n) is 5.37. The van der Waals surface area contributed by atoms with Crippen LogP contribution < -0.4 is 10.1 Å². The zero-order chi connectivity index (χ0) is 20.8. The van der Waals surface area contributed by atoms with Crippen LogP contribution in [0.4, 0.5) is 0 Å². The molecule has 0 saturated carbocycles. The highest BCUT2D eigenvalue weighted by molar-refractivity contribution is 5.95. The van der Waals surface area contributed by atoms with Crippen molar-refractivity contribution in [1.82, 2.24) is 10.2 Å². The SMILES string of the molecule is CCOc1ccc(C(=O)N2CCC(NC(=O)c3ccc(C(C)C)cc3)CC2)cc1. The van der Waals surface area contributed by atoms with Gasteiger partial charge in [-0.05, 0) is 67.6 Å². The molecule has 2 aromatic rings. The molecule has 2 aromatic carbocycles. The van der Waals surface area contributed by atoms with Crippen molar-refractivity contribution >= 4 is 11.8 Å². The van der Waals surface area contributed by atoms with Crippen LogP contribution in [-0.2, 0) is 0 Å². The van der Waals surface area contributed by atoms with Crippen LogP contribution in [0, 0.1) is 0 Å².